The fourth-order valence-corrected chi connectivity index (χ4v) is 2.13. The number of aliphatic carboxylic acids is 1. The minimum Gasteiger partial charge on any atom is -0.481 e. The van der Waals surface area contributed by atoms with Gasteiger partial charge in [-0.05, 0) is 32.1 Å². The molecule has 2 N–H and O–H groups in total. The van der Waals surface area contributed by atoms with E-state index in [9.17, 15) is 9.59 Å². The molecule has 0 aromatic rings. The third kappa shape index (κ3) is 4.20. The number of hydrogen-bond donors (Lipinski definition) is 2. The van der Waals surface area contributed by atoms with Gasteiger partial charge in [0.05, 0.1) is 6.42 Å². The largest absolute Gasteiger partial charge is 0.481 e. The lowest BCUT2D eigenvalue weighted by Crippen LogP contribution is -2.52. The molecular weight excluding hydrogens is 232 g/mol. The Balaban J connectivity index is 2.59. The van der Waals surface area contributed by atoms with Gasteiger partial charge in [-0.15, -0.1) is 0 Å². The molecule has 1 fully saturated rings. The van der Waals surface area contributed by atoms with Gasteiger partial charge in [-0.3, -0.25) is 4.79 Å². The molecule has 0 aromatic carbocycles. The number of nitrogens with zero attached hydrogens (tertiary/aromatic N) is 1. The minimum atomic E-state index is -0.836. The number of urea groups is 1. The molecule has 0 aliphatic carbocycles. The van der Waals surface area contributed by atoms with E-state index in [1.165, 1.54) is 0 Å². The summed E-state index contributed by atoms with van der Waals surface area (Å²) in [5, 5.41) is 11.8. The predicted molar refractivity (Wildman–Crippen MR) is 69.4 cm³/mol. The highest BCUT2D eigenvalue weighted by atomic mass is 16.4. The molecule has 0 spiro atoms. The van der Waals surface area contributed by atoms with Crippen molar-refractivity contribution in [2.24, 2.45) is 5.92 Å². The van der Waals surface area contributed by atoms with Gasteiger partial charge in [0.25, 0.3) is 0 Å². The number of carboxylic acid groups (broad SMARTS) is 1. The summed E-state index contributed by atoms with van der Waals surface area (Å²) in [6.45, 7) is 6.74. The maximum Gasteiger partial charge on any atom is 0.317 e. The van der Waals surface area contributed by atoms with Crippen molar-refractivity contribution in [1.29, 1.82) is 0 Å². The van der Waals surface area contributed by atoms with E-state index >= 15 is 0 Å². The second kappa shape index (κ2) is 6.61. The van der Waals surface area contributed by atoms with Crippen molar-refractivity contribution in [1.82, 2.24) is 10.2 Å². The first-order valence-corrected chi connectivity index (χ1v) is 6.70. The zero-order valence-electron chi connectivity index (χ0n) is 11.5. The molecule has 2 atom stereocenters. The summed E-state index contributed by atoms with van der Waals surface area (Å²) in [7, 11) is 0. The Labute approximate surface area is 109 Å². The van der Waals surface area contributed by atoms with Gasteiger partial charge in [-0.25, -0.2) is 4.79 Å². The minimum absolute atomic E-state index is 0.0451. The molecule has 0 saturated carbocycles. The highest BCUT2D eigenvalue weighted by Gasteiger charge is 2.29. The number of amides is 2. The maximum absolute atomic E-state index is 12.1. The van der Waals surface area contributed by atoms with Gasteiger partial charge < -0.3 is 15.3 Å². The topological polar surface area (TPSA) is 69.6 Å². The summed E-state index contributed by atoms with van der Waals surface area (Å²) in [5.41, 5.74) is 0. The van der Waals surface area contributed by atoms with Crippen molar-refractivity contribution in [3.8, 4) is 0 Å². The Morgan fingerprint density at radius 3 is 2.56 bits per heavy atom. The molecule has 104 valence electrons. The zero-order chi connectivity index (χ0) is 13.7. The second-order valence-electron chi connectivity index (χ2n) is 5.42. The van der Waals surface area contributed by atoms with Crippen LogP contribution in [-0.2, 0) is 4.79 Å². The molecule has 0 aromatic heterocycles. The third-order valence-corrected chi connectivity index (χ3v) is 3.65. The van der Waals surface area contributed by atoms with Crippen molar-refractivity contribution in [2.75, 3.05) is 6.54 Å². The quantitative estimate of drug-likeness (QED) is 0.809. The van der Waals surface area contributed by atoms with E-state index in [0.717, 1.165) is 19.3 Å². The lowest BCUT2D eigenvalue weighted by Gasteiger charge is -2.36. The molecule has 2 amide bonds. The summed E-state index contributed by atoms with van der Waals surface area (Å²) in [4.78, 5) is 24.6. The summed E-state index contributed by atoms with van der Waals surface area (Å²) >= 11 is 0. The lowest BCUT2D eigenvalue weighted by molar-refractivity contribution is -0.138. The number of nitrogens with one attached hydrogen (secondary N) is 1. The first kappa shape index (κ1) is 14.8. The van der Waals surface area contributed by atoms with Crippen LogP contribution in [0, 0.1) is 5.92 Å². The van der Waals surface area contributed by atoms with E-state index in [1.807, 2.05) is 6.92 Å². The predicted octanol–water partition coefficient (Wildman–Crippen LogP) is 2.07. The van der Waals surface area contributed by atoms with Crippen LogP contribution in [0.3, 0.4) is 0 Å². The molecule has 1 aliphatic rings. The van der Waals surface area contributed by atoms with Gasteiger partial charge in [0.15, 0.2) is 0 Å². The van der Waals surface area contributed by atoms with Crippen LogP contribution < -0.4 is 5.32 Å². The Bertz CT molecular complexity index is 305. The molecule has 0 radical (unpaired) electrons. The first-order chi connectivity index (χ1) is 8.41. The van der Waals surface area contributed by atoms with E-state index in [2.05, 4.69) is 19.2 Å². The number of likely N-dealkylation sites (tertiary alicyclic amines) is 1. The maximum atomic E-state index is 12.1. The van der Waals surface area contributed by atoms with Gasteiger partial charge >= 0.3 is 12.0 Å². The number of carboxylic acids is 1. The lowest BCUT2D eigenvalue weighted by atomic mass is 9.99. The van der Waals surface area contributed by atoms with E-state index in [-0.39, 0.29) is 24.5 Å². The summed E-state index contributed by atoms with van der Waals surface area (Å²) < 4.78 is 0. The molecule has 18 heavy (non-hydrogen) atoms. The number of carbonyl (C=O) groups is 2. The number of carbonyl (C=O) groups excluding carboxylic acids is 1. The highest BCUT2D eigenvalue weighted by molar-refractivity contribution is 5.76. The summed E-state index contributed by atoms with van der Waals surface area (Å²) in [5.74, 6) is -0.465. The highest BCUT2D eigenvalue weighted by Crippen LogP contribution is 2.20. The Morgan fingerprint density at radius 1 is 1.33 bits per heavy atom. The standard InChI is InChI=1S/C13H24N2O3/c1-9(2)10(3)14-13(18)15-7-5-4-6-11(15)8-12(16)17/h9-11H,4-8H2,1-3H3,(H,14,18)(H,16,17). The van der Waals surface area contributed by atoms with Crippen LogP contribution in [0.1, 0.15) is 46.5 Å². The molecule has 2 unspecified atom stereocenters. The van der Waals surface area contributed by atoms with Gasteiger partial charge in [-0.2, -0.15) is 0 Å². The summed E-state index contributed by atoms with van der Waals surface area (Å²) in [6.07, 6.45) is 2.79. The molecular formula is C13H24N2O3. The molecule has 5 nitrogen and oxygen atoms in total. The number of piperidine rings is 1. The van der Waals surface area contributed by atoms with Crippen molar-refractivity contribution in [3.63, 3.8) is 0 Å². The van der Waals surface area contributed by atoms with Crippen molar-refractivity contribution in [3.05, 3.63) is 0 Å². The monoisotopic (exact) mass is 256 g/mol. The van der Waals surface area contributed by atoms with E-state index in [0.29, 0.717) is 12.5 Å². The molecule has 1 heterocycles. The molecule has 1 rings (SSSR count). The fourth-order valence-electron chi connectivity index (χ4n) is 2.13. The average Bonchev–Trinajstić information content (AvgIpc) is 2.28. The van der Waals surface area contributed by atoms with Crippen LogP contribution in [0.15, 0.2) is 0 Å². The van der Waals surface area contributed by atoms with Gasteiger partial charge in [0.2, 0.25) is 0 Å². The SMILES string of the molecule is CC(C)C(C)NC(=O)N1CCCCC1CC(=O)O. The van der Waals surface area contributed by atoms with Crippen LogP contribution in [0.5, 0.6) is 0 Å². The smallest absolute Gasteiger partial charge is 0.317 e. The van der Waals surface area contributed by atoms with Gasteiger partial charge in [0, 0.05) is 18.6 Å². The van der Waals surface area contributed by atoms with E-state index < -0.39 is 5.97 Å². The normalized spacial score (nSPS) is 21.8. The zero-order valence-corrected chi connectivity index (χ0v) is 11.5. The van der Waals surface area contributed by atoms with Crippen LogP contribution in [0.2, 0.25) is 0 Å². The van der Waals surface area contributed by atoms with Crippen LogP contribution in [0.4, 0.5) is 4.79 Å². The van der Waals surface area contributed by atoms with Crippen molar-refractivity contribution < 1.29 is 14.7 Å². The summed E-state index contributed by atoms with van der Waals surface area (Å²) in [6, 6.07) is -0.178. The Kier molecular flexibility index (Phi) is 5.44. The van der Waals surface area contributed by atoms with Crippen LogP contribution in [0.25, 0.3) is 0 Å². The third-order valence-electron chi connectivity index (χ3n) is 3.65. The number of rotatable bonds is 4. The van der Waals surface area contributed by atoms with Gasteiger partial charge in [-0.1, -0.05) is 13.8 Å². The fraction of sp³-hybridized carbons (Fsp3) is 0.846. The molecule has 5 heteroatoms. The molecule has 1 aliphatic heterocycles. The first-order valence-electron chi connectivity index (χ1n) is 6.70. The van der Waals surface area contributed by atoms with E-state index in [1.54, 1.807) is 4.90 Å². The number of hydrogen-bond acceptors (Lipinski definition) is 2. The molecule has 1 saturated heterocycles. The van der Waals surface area contributed by atoms with Crippen molar-refractivity contribution >= 4 is 12.0 Å². The Hall–Kier alpha value is -1.26. The van der Waals surface area contributed by atoms with Crippen molar-refractivity contribution in [2.45, 2.75) is 58.5 Å². The van der Waals surface area contributed by atoms with Crippen LogP contribution >= 0.6 is 0 Å². The van der Waals surface area contributed by atoms with Gasteiger partial charge in [0.1, 0.15) is 0 Å². The second-order valence-corrected chi connectivity index (χ2v) is 5.42. The van der Waals surface area contributed by atoms with E-state index in [4.69, 9.17) is 5.11 Å². The average molecular weight is 256 g/mol. The van der Waals surface area contributed by atoms with Crippen LogP contribution in [-0.4, -0.2) is 40.6 Å². The Morgan fingerprint density at radius 2 is 2.00 bits per heavy atom. The molecule has 0 bridgehead atoms.